The standard InChI is InChI=1S/C18H19N3O3S/c1-3-15-20-12-9-11(5-6-13(12)21(15)4-2)19-18(22)17-16-14(10-25-17)23-7-8-24-16/h5-6,9-10H,3-4,7-8H2,1-2H3,(H,19,22). The number of ether oxygens (including phenoxy) is 2. The number of anilines is 1. The molecule has 25 heavy (non-hydrogen) atoms. The van der Waals surface area contributed by atoms with Gasteiger partial charge in [0.2, 0.25) is 0 Å². The molecule has 3 aromatic rings. The lowest BCUT2D eigenvalue weighted by Crippen LogP contribution is -2.17. The van der Waals surface area contributed by atoms with Gasteiger partial charge in [-0.1, -0.05) is 6.92 Å². The fourth-order valence-electron chi connectivity index (χ4n) is 3.09. The number of fused-ring (bicyclic) bond motifs is 2. The van der Waals surface area contributed by atoms with E-state index in [0.717, 1.165) is 35.5 Å². The first kappa shape index (κ1) is 16.0. The second kappa shape index (κ2) is 6.40. The lowest BCUT2D eigenvalue weighted by atomic mass is 10.2. The number of aryl methyl sites for hydroxylation is 2. The predicted molar refractivity (Wildman–Crippen MR) is 98.0 cm³/mol. The highest BCUT2D eigenvalue weighted by Gasteiger charge is 2.23. The largest absolute Gasteiger partial charge is 0.485 e. The monoisotopic (exact) mass is 357 g/mol. The zero-order chi connectivity index (χ0) is 17.4. The molecule has 2 aromatic heterocycles. The van der Waals surface area contributed by atoms with Gasteiger partial charge in [0.1, 0.15) is 23.9 Å². The summed E-state index contributed by atoms with van der Waals surface area (Å²) < 4.78 is 13.3. The number of nitrogens with zero attached hydrogens (tertiary/aromatic N) is 2. The number of benzene rings is 1. The Bertz CT molecular complexity index is 945. The van der Waals surface area contributed by atoms with Gasteiger partial charge in [0.15, 0.2) is 11.5 Å². The second-order valence-corrected chi connectivity index (χ2v) is 6.62. The number of thiophene rings is 1. The molecule has 1 aromatic carbocycles. The number of nitrogens with one attached hydrogen (secondary N) is 1. The summed E-state index contributed by atoms with van der Waals surface area (Å²) in [5.74, 6) is 2.05. The molecule has 0 aliphatic carbocycles. The highest BCUT2D eigenvalue weighted by atomic mass is 32.1. The third kappa shape index (κ3) is 2.74. The number of hydrogen-bond donors (Lipinski definition) is 1. The van der Waals surface area contributed by atoms with Crippen molar-refractivity contribution in [1.82, 2.24) is 9.55 Å². The summed E-state index contributed by atoms with van der Waals surface area (Å²) in [5, 5.41) is 4.75. The van der Waals surface area contributed by atoms with E-state index in [1.807, 2.05) is 23.6 Å². The quantitative estimate of drug-likeness (QED) is 0.773. The van der Waals surface area contributed by atoms with Gasteiger partial charge in [0, 0.05) is 24.0 Å². The molecule has 4 rings (SSSR count). The molecule has 3 heterocycles. The Kier molecular flexibility index (Phi) is 4.09. The van der Waals surface area contributed by atoms with E-state index in [1.54, 1.807) is 0 Å². The summed E-state index contributed by atoms with van der Waals surface area (Å²) in [6.45, 7) is 6.06. The van der Waals surface area contributed by atoms with Crippen LogP contribution in [0.1, 0.15) is 29.3 Å². The molecule has 0 atom stereocenters. The summed E-state index contributed by atoms with van der Waals surface area (Å²) in [4.78, 5) is 17.8. The van der Waals surface area contributed by atoms with Gasteiger partial charge < -0.3 is 19.4 Å². The zero-order valence-corrected chi connectivity index (χ0v) is 15.0. The molecule has 0 radical (unpaired) electrons. The van der Waals surface area contributed by atoms with E-state index in [-0.39, 0.29) is 5.91 Å². The average Bonchev–Trinajstić information content (AvgIpc) is 3.22. The summed E-state index contributed by atoms with van der Waals surface area (Å²) in [6.07, 6.45) is 0.878. The third-order valence-corrected chi connectivity index (χ3v) is 5.16. The minimum Gasteiger partial charge on any atom is -0.485 e. The number of rotatable bonds is 4. The Morgan fingerprint density at radius 3 is 2.96 bits per heavy atom. The SMILES string of the molecule is CCc1nc2cc(NC(=O)c3scc4c3OCCO4)ccc2n1CC. The molecule has 7 heteroatoms. The zero-order valence-electron chi connectivity index (χ0n) is 14.2. The van der Waals surface area contributed by atoms with Crippen LogP contribution in [-0.4, -0.2) is 28.7 Å². The molecule has 6 nitrogen and oxygen atoms in total. The van der Waals surface area contributed by atoms with Gasteiger partial charge >= 0.3 is 0 Å². The van der Waals surface area contributed by atoms with Gasteiger partial charge in [-0.15, -0.1) is 11.3 Å². The van der Waals surface area contributed by atoms with Crippen LogP contribution in [0.15, 0.2) is 23.6 Å². The maximum atomic E-state index is 12.6. The van der Waals surface area contributed by atoms with Crippen molar-refractivity contribution in [3.05, 3.63) is 34.3 Å². The Labute approximate surface area is 149 Å². The van der Waals surface area contributed by atoms with E-state index < -0.39 is 0 Å². The van der Waals surface area contributed by atoms with Crippen LogP contribution in [0, 0.1) is 0 Å². The minimum atomic E-state index is -0.193. The maximum Gasteiger partial charge on any atom is 0.269 e. The molecule has 1 N–H and O–H groups in total. The van der Waals surface area contributed by atoms with Gasteiger partial charge in [-0.2, -0.15) is 0 Å². The third-order valence-electron chi connectivity index (χ3n) is 4.22. The van der Waals surface area contributed by atoms with E-state index in [2.05, 4.69) is 28.7 Å². The first-order valence-corrected chi connectivity index (χ1v) is 9.26. The molecule has 1 aliphatic rings. The molecule has 1 amide bonds. The average molecular weight is 357 g/mol. The summed E-state index contributed by atoms with van der Waals surface area (Å²) in [6, 6.07) is 5.82. The fraction of sp³-hybridized carbons (Fsp3) is 0.333. The van der Waals surface area contributed by atoms with Crippen LogP contribution in [0.3, 0.4) is 0 Å². The lowest BCUT2D eigenvalue weighted by Gasteiger charge is -2.15. The van der Waals surface area contributed by atoms with Crippen LogP contribution in [0.2, 0.25) is 0 Å². The Morgan fingerprint density at radius 2 is 2.16 bits per heavy atom. The van der Waals surface area contributed by atoms with Crippen molar-refractivity contribution in [2.45, 2.75) is 26.8 Å². The Balaban J connectivity index is 1.62. The molecule has 130 valence electrons. The summed E-state index contributed by atoms with van der Waals surface area (Å²) >= 11 is 1.33. The van der Waals surface area contributed by atoms with Crippen molar-refractivity contribution in [1.29, 1.82) is 0 Å². The van der Waals surface area contributed by atoms with Crippen molar-refractivity contribution in [3.8, 4) is 11.5 Å². The number of aromatic nitrogens is 2. The molecular formula is C18H19N3O3S. The number of imidazole rings is 1. The first-order valence-electron chi connectivity index (χ1n) is 8.38. The smallest absolute Gasteiger partial charge is 0.269 e. The summed E-state index contributed by atoms with van der Waals surface area (Å²) in [7, 11) is 0. The van der Waals surface area contributed by atoms with Crippen molar-refractivity contribution in [3.63, 3.8) is 0 Å². The Morgan fingerprint density at radius 1 is 1.32 bits per heavy atom. The van der Waals surface area contributed by atoms with Gasteiger partial charge in [-0.05, 0) is 25.1 Å². The van der Waals surface area contributed by atoms with E-state index in [4.69, 9.17) is 9.47 Å². The second-order valence-electron chi connectivity index (χ2n) is 5.74. The number of hydrogen-bond acceptors (Lipinski definition) is 5. The summed E-state index contributed by atoms with van der Waals surface area (Å²) in [5.41, 5.74) is 2.70. The molecule has 0 bridgehead atoms. The highest BCUT2D eigenvalue weighted by molar-refractivity contribution is 7.13. The van der Waals surface area contributed by atoms with Crippen LogP contribution in [0.4, 0.5) is 5.69 Å². The van der Waals surface area contributed by atoms with Gasteiger partial charge in [-0.3, -0.25) is 4.79 Å². The maximum absolute atomic E-state index is 12.6. The van der Waals surface area contributed by atoms with Crippen molar-refractivity contribution >= 4 is 34.0 Å². The van der Waals surface area contributed by atoms with Crippen molar-refractivity contribution in [2.75, 3.05) is 18.5 Å². The first-order chi connectivity index (χ1) is 12.2. The predicted octanol–water partition coefficient (Wildman–Crippen LogP) is 3.70. The van der Waals surface area contributed by atoms with Crippen molar-refractivity contribution in [2.24, 2.45) is 0 Å². The Hall–Kier alpha value is -2.54. The van der Waals surface area contributed by atoms with Crippen molar-refractivity contribution < 1.29 is 14.3 Å². The topological polar surface area (TPSA) is 65.4 Å². The van der Waals surface area contributed by atoms with Crippen LogP contribution >= 0.6 is 11.3 Å². The molecule has 0 spiro atoms. The number of carbonyl (C=O) groups is 1. The van der Waals surface area contributed by atoms with Crippen LogP contribution in [0.25, 0.3) is 11.0 Å². The molecule has 0 saturated carbocycles. The fourth-order valence-corrected chi connectivity index (χ4v) is 3.91. The molecular weight excluding hydrogens is 338 g/mol. The minimum absolute atomic E-state index is 0.193. The molecule has 0 saturated heterocycles. The van der Waals surface area contributed by atoms with Crippen LogP contribution in [0.5, 0.6) is 11.5 Å². The van der Waals surface area contributed by atoms with Crippen LogP contribution < -0.4 is 14.8 Å². The van der Waals surface area contributed by atoms with Crippen LogP contribution in [-0.2, 0) is 13.0 Å². The van der Waals surface area contributed by atoms with Gasteiger partial charge in [0.05, 0.1) is 11.0 Å². The van der Waals surface area contributed by atoms with E-state index in [0.29, 0.717) is 29.6 Å². The molecule has 1 aliphatic heterocycles. The lowest BCUT2D eigenvalue weighted by molar-refractivity contribution is 0.102. The van der Waals surface area contributed by atoms with E-state index >= 15 is 0 Å². The normalized spacial score (nSPS) is 13.2. The number of carbonyl (C=O) groups excluding carboxylic acids is 1. The number of amides is 1. The van der Waals surface area contributed by atoms with E-state index in [9.17, 15) is 4.79 Å². The highest BCUT2D eigenvalue weighted by Crippen LogP contribution is 2.39. The van der Waals surface area contributed by atoms with Gasteiger partial charge in [0.25, 0.3) is 5.91 Å². The van der Waals surface area contributed by atoms with Gasteiger partial charge in [-0.25, -0.2) is 4.98 Å². The van der Waals surface area contributed by atoms with E-state index in [1.165, 1.54) is 11.3 Å². The molecule has 0 unspecified atom stereocenters. The molecule has 0 fully saturated rings.